The lowest BCUT2D eigenvalue weighted by molar-refractivity contribution is -0.0152. The van der Waals surface area contributed by atoms with Gasteiger partial charge in [-0.3, -0.25) is 14.9 Å². The summed E-state index contributed by atoms with van der Waals surface area (Å²) in [7, 11) is 0.0773. The maximum absolute atomic E-state index is 13.7. The summed E-state index contributed by atoms with van der Waals surface area (Å²) in [4.78, 5) is 52.4. The summed E-state index contributed by atoms with van der Waals surface area (Å²) in [5.41, 5.74) is 1.29. The first-order chi connectivity index (χ1) is 32.6. The number of nitrogens with zero attached hydrogens (tertiary/aromatic N) is 6. The van der Waals surface area contributed by atoms with Gasteiger partial charge in [-0.2, -0.15) is 10.1 Å². The number of benzene rings is 3. The highest BCUT2D eigenvalue weighted by Crippen LogP contribution is 2.38. The van der Waals surface area contributed by atoms with Crippen LogP contribution in [0.5, 0.6) is 5.75 Å². The minimum absolute atomic E-state index is 0.0671. The van der Waals surface area contributed by atoms with Crippen LogP contribution < -0.4 is 25.7 Å². The lowest BCUT2D eigenvalue weighted by Crippen LogP contribution is -2.66. The van der Waals surface area contributed by atoms with Crippen LogP contribution in [0.2, 0.25) is 5.04 Å². The summed E-state index contributed by atoms with van der Waals surface area (Å²) in [5.74, 6) is 1.10. The molecule has 5 aromatic rings. The summed E-state index contributed by atoms with van der Waals surface area (Å²) < 4.78 is 32.3. The number of carbonyl (C=O) groups is 3. The van der Waals surface area contributed by atoms with Crippen molar-refractivity contribution in [1.82, 2.24) is 29.5 Å². The fourth-order valence-electron chi connectivity index (χ4n) is 8.77. The van der Waals surface area contributed by atoms with E-state index < -0.39 is 43.8 Å². The molecular formula is C51H69IN8O8Si. The summed E-state index contributed by atoms with van der Waals surface area (Å²) in [6.07, 6.45) is 0.729. The molecule has 3 amide bonds. The zero-order valence-electron chi connectivity index (χ0n) is 42.1. The van der Waals surface area contributed by atoms with Gasteiger partial charge in [-0.05, 0) is 104 Å². The van der Waals surface area contributed by atoms with E-state index in [1.54, 1.807) is 16.9 Å². The van der Waals surface area contributed by atoms with Crippen LogP contribution in [0.4, 0.5) is 26.1 Å². The van der Waals surface area contributed by atoms with Crippen LogP contribution in [0, 0.1) is 3.70 Å². The highest BCUT2D eigenvalue weighted by Gasteiger charge is 2.50. The van der Waals surface area contributed by atoms with Crippen LogP contribution in [0.25, 0.3) is 11.0 Å². The van der Waals surface area contributed by atoms with E-state index in [0.29, 0.717) is 39.3 Å². The highest BCUT2D eigenvalue weighted by molar-refractivity contribution is 14.1. The van der Waals surface area contributed by atoms with E-state index in [0.717, 1.165) is 24.0 Å². The number of hydrogen-bond donors (Lipinski definition) is 2. The number of hydrogen-bond acceptors (Lipinski definition) is 12. The minimum Gasteiger partial charge on any atom is -0.496 e. The molecule has 372 valence electrons. The molecule has 2 unspecified atom stereocenters. The molecule has 2 aromatic heterocycles. The van der Waals surface area contributed by atoms with Crippen LogP contribution >= 0.6 is 22.6 Å². The third kappa shape index (κ3) is 12.8. The molecule has 1 aliphatic heterocycles. The first-order valence-electron chi connectivity index (χ1n) is 23.5. The van der Waals surface area contributed by atoms with E-state index >= 15 is 0 Å². The van der Waals surface area contributed by atoms with Crippen molar-refractivity contribution in [2.24, 2.45) is 0 Å². The number of aromatic nitrogens is 4. The van der Waals surface area contributed by atoms with Gasteiger partial charge in [-0.1, -0.05) is 107 Å². The zero-order chi connectivity index (χ0) is 50.3. The second-order valence-corrected chi connectivity index (χ2v) is 25.6. The van der Waals surface area contributed by atoms with Gasteiger partial charge in [0.1, 0.15) is 31.7 Å². The van der Waals surface area contributed by atoms with Crippen LogP contribution in [-0.4, -0.2) is 114 Å². The van der Waals surface area contributed by atoms with Crippen molar-refractivity contribution in [2.75, 3.05) is 51.1 Å². The van der Waals surface area contributed by atoms with Crippen molar-refractivity contribution >= 4 is 82.4 Å². The summed E-state index contributed by atoms with van der Waals surface area (Å²) in [5, 5.41) is 13.6. The smallest absolute Gasteiger partial charge is 0.413 e. The maximum Gasteiger partial charge on any atom is 0.413 e. The SMILES string of the molecule is CCCC(CCO[Si](c1ccccc1)(c1ccccc1)C(C)(C)C)Nc1nc(NC(=O)OC)nc2c(I)nn(Cc3ccc(C4CN(C(=O)OC(C)(C)C)CCN4C(=O)OC(C)(C)C)cc3OC)c12. The molecule has 0 spiro atoms. The second kappa shape index (κ2) is 22.1. The number of rotatable bonds is 15. The molecule has 3 aromatic carbocycles. The molecule has 2 atom stereocenters. The number of ether oxygens (including phenoxy) is 4. The average molecular weight is 1080 g/mol. The van der Waals surface area contributed by atoms with E-state index in [2.05, 4.69) is 109 Å². The number of carbonyl (C=O) groups excluding carboxylic acids is 3. The van der Waals surface area contributed by atoms with Crippen molar-refractivity contribution in [3.63, 3.8) is 0 Å². The van der Waals surface area contributed by atoms with E-state index in [1.165, 1.54) is 17.5 Å². The molecule has 16 nitrogen and oxygen atoms in total. The Bertz CT molecular complexity index is 2520. The number of amides is 3. The van der Waals surface area contributed by atoms with E-state index in [4.69, 9.17) is 38.4 Å². The predicted octanol–water partition coefficient (Wildman–Crippen LogP) is 9.74. The van der Waals surface area contributed by atoms with Crippen molar-refractivity contribution in [1.29, 1.82) is 0 Å². The number of anilines is 2. The Morgan fingerprint density at radius 1 is 0.826 bits per heavy atom. The van der Waals surface area contributed by atoms with Crippen molar-refractivity contribution < 1.29 is 37.8 Å². The molecule has 3 heterocycles. The Hall–Kier alpha value is -5.47. The lowest BCUT2D eigenvalue weighted by atomic mass is 10.00. The monoisotopic (exact) mass is 1080 g/mol. The van der Waals surface area contributed by atoms with Gasteiger partial charge in [-0.15, -0.1) is 0 Å². The Balaban J connectivity index is 1.35. The topological polar surface area (TPSA) is 171 Å². The van der Waals surface area contributed by atoms with Crippen molar-refractivity contribution in [3.05, 3.63) is 93.7 Å². The standard InChI is InChI=1S/C51H69IN8O8Si/c1-13-20-36(27-30-66-69(51(8,9)10,37-21-16-14-17-22-37)38-23-18-15-19-24-38)53-44-42-41(54-45(55-44)56-46(61)65-12)43(52)57-60(42)32-35-26-25-34(31-40(35)64-11)39-33-58(47(62)67-49(2,3)4)28-29-59(39)48(63)68-50(5,6)7/h14-19,21-26,31,36,39H,13,20,27-30,32-33H2,1-12H3,(H2,53,54,55,56,61). The predicted molar refractivity (Wildman–Crippen MR) is 280 cm³/mol. The molecular weight excluding hydrogens is 1010 g/mol. The van der Waals surface area contributed by atoms with Crippen LogP contribution in [0.1, 0.15) is 106 Å². The molecule has 0 aliphatic carbocycles. The summed E-state index contributed by atoms with van der Waals surface area (Å²) in [6, 6.07) is 26.3. The van der Waals surface area contributed by atoms with Crippen LogP contribution in [0.15, 0.2) is 78.9 Å². The molecule has 18 heteroatoms. The lowest BCUT2D eigenvalue weighted by Gasteiger charge is -2.43. The zero-order valence-corrected chi connectivity index (χ0v) is 45.3. The van der Waals surface area contributed by atoms with Gasteiger partial charge in [0, 0.05) is 37.8 Å². The van der Waals surface area contributed by atoms with Crippen LogP contribution in [-0.2, 0) is 25.2 Å². The van der Waals surface area contributed by atoms with Crippen LogP contribution in [0.3, 0.4) is 0 Å². The van der Waals surface area contributed by atoms with Gasteiger partial charge in [0.15, 0.2) is 5.82 Å². The Morgan fingerprint density at radius 2 is 1.45 bits per heavy atom. The van der Waals surface area contributed by atoms with Crippen molar-refractivity contribution in [2.45, 2.75) is 123 Å². The quantitative estimate of drug-likeness (QED) is 0.0579. The van der Waals surface area contributed by atoms with Gasteiger partial charge in [-0.25, -0.2) is 19.4 Å². The molecule has 0 radical (unpaired) electrons. The first kappa shape index (κ1) is 52.9. The number of methoxy groups -OCH3 is 2. The molecule has 0 saturated carbocycles. The second-order valence-electron chi connectivity index (χ2n) is 20.3. The summed E-state index contributed by atoms with van der Waals surface area (Å²) in [6.45, 7) is 21.4. The molecule has 1 saturated heterocycles. The van der Waals surface area contributed by atoms with Gasteiger partial charge >= 0.3 is 18.3 Å². The number of nitrogens with one attached hydrogen (secondary N) is 2. The maximum atomic E-state index is 13.7. The largest absolute Gasteiger partial charge is 0.496 e. The molecule has 6 rings (SSSR count). The van der Waals surface area contributed by atoms with Gasteiger partial charge in [0.05, 0.1) is 26.8 Å². The molecule has 1 fully saturated rings. The van der Waals surface area contributed by atoms with E-state index in [-0.39, 0.29) is 43.2 Å². The number of piperazine rings is 1. The third-order valence-corrected chi connectivity index (χ3v) is 17.6. The van der Waals surface area contributed by atoms with E-state index in [9.17, 15) is 14.4 Å². The first-order valence-corrected chi connectivity index (χ1v) is 26.5. The molecule has 0 bridgehead atoms. The summed E-state index contributed by atoms with van der Waals surface area (Å²) >= 11 is 2.15. The Labute approximate surface area is 421 Å². The molecule has 69 heavy (non-hydrogen) atoms. The fourth-order valence-corrected chi connectivity index (χ4v) is 14.0. The molecule has 1 aliphatic rings. The van der Waals surface area contributed by atoms with Gasteiger partial charge < -0.3 is 33.6 Å². The highest BCUT2D eigenvalue weighted by atomic mass is 127. The average Bonchev–Trinajstić information content (AvgIpc) is 3.60. The molecule has 2 N–H and O–H groups in total. The Morgan fingerprint density at radius 3 is 2.01 bits per heavy atom. The minimum atomic E-state index is -2.81. The Kier molecular flexibility index (Phi) is 16.9. The normalized spacial score (nSPS) is 15.1. The number of halogens is 1. The third-order valence-electron chi connectivity index (χ3n) is 11.8. The van der Waals surface area contributed by atoms with Gasteiger partial charge in [0.25, 0.3) is 8.32 Å². The van der Waals surface area contributed by atoms with Gasteiger partial charge in [0.2, 0.25) is 5.95 Å². The number of fused-ring (bicyclic) bond motifs is 1. The fraction of sp³-hybridized carbons (Fsp3) is 0.490. The van der Waals surface area contributed by atoms with Crippen molar-refractivity contribution in [3.8, 4) is 5.75 Å². The van der Waals surface area contributed by atoms with E-state index in [1.807, 2.05) is 76.6 Å².